The molecular formula is C19H25N3O2. The van der Waals surface area contributed by atoms with Crippen LogP contribution in [0.25, 0.3) is 0 Å². The fourth-order valence-electron chi connectivity index (χ4n) is 3.87. The van der Waals surface area contributed by atoms with Crippen LogP contribution in [-0.2, 0) is 22.6 Å². The van der Waals surface area contributed by atoms with Gasteiger partial charge in [-0.1, -0.05) is 24.3 Å². The molecule has 128 valence electrons. The van der Waals surface area contributed by atoms with Crippen LogP contribution in [0.2, 0.25) is 0 Å². The molecule has 2 amide bonds. The van der Waals surface area contributed by atoms with E-state index < -0.39 is 0 Å². The molecule has 2 heterocycles. The third-order valence-electron chi connectivity index (χ3n) is 5.45. The highest BCUT2D eigenvalue weighted by molar-refractivity contribution is 5.89. The molecule has 1 aromatic rings. The van der Waals surface area contributed by atoms with Crippen LogP contribution in [0.4, 0.5) is 0 Å². The van der Waals surface area contributed by atoms with Crippen molar-refractivity contribution in [3.05, 3.63) is 35.4 Å². The second-order valence-corrected chi connectivity index (χ2v) is 7.26. The molecule has 0 unspecified atom stereocenters. The molecule has 5 nitrogen and oxygen atoms in total. The molecule has 1 aliphatic carbocycles. The summed E-state index contributed by atoms with van der Waals surface area (Å²) in [6, 6.07) is 9.01. The van der Waals surface area contributed by atoms with Crippen molar-refractivity contribution in [1.29, 1.82) is 0 Å². The summed E-state index contributed by atoms with van der Waals surface area (Å²) in [5.41, 5.74) is 2.85. The van der Waals surface area contributed by atoms with Crippen LogP contribution >= 0.6 is 0 Å². The van der Waals surface area contributed by atoms with Crippen molar-refractivity contribution in [2.24, 2.45) is 5.92 Å². The van der Waals surface area contributed by atoms with Crippen LogP contribution in [0, 0.1) is 5.92 Å². The molecule has 2 aliphatic heterocycles. The van der Waals surface area contributed by atoms with Crippen LogP contribution in [-0.4, -0.2) is 53.8 Å². The normalized spacial score (nSPS) is 24.1. The van der Waals surface area contributed by atoms with E-state index >= 15 is 0 Å². The van der Waals surface area contributed by atoms with Gasteiger partial charge in [-0.2, -0.15) is 0 Å². The van der Waals surface area contributed by atoms with Crippen molar-refractivity contribution in [2.75, 3.05) is 26.2 Å². The lowest BCUT2D eigenvalue weighted by molar-refractivity contribution is -0.129. The van der Waals surface area contributed by atoms with E-state index in [0.717, 1.165) is 38.9 Å². The summed E-state index contributed by atoms with van der Waals surface area (Å²) in [6.45, 7) is 4.16. The first-order valence-corrected chi connectivity index (χ1v) is 9.07. The van der Waals surface area contributed by atoms with E-state index in [0.29, 0.717) is 25.6 Å². The Bertz CT molecular complexity index is 641. The van der Waals surface area contributed by atoms with E-state index in [4.69, 9.17) is 0 Å². The topological polar surface area (TPSA) is 52.7 Å². The standard InChI is InChI=1S/C19H25N3O2/c23-18-11-16(13-22(18)17-5-6-17)19(24)20-8-10-21-9-7-14-3-1-2-4-15(14)12-21/h1-4,16-17H,5-13H2,(H,20,24)/t16-/m1/s1. The van der Waals surface area contributed by atoms with E-state index in [2.05, 4.69) is 34.5 Å². The molecule has 0 radical (unpaired) electrons. The first kappa shape index (κ1) is 15.6. The number of carbonyl (C=O) groups is 2. The molecule has 5 heteroatoms. The Morgan fingerprint density at radius 2 is 2.00 bits per heavy atom. The highest BCUT2D eigenvalue weighted by Crippen LogP contribution is 2.32. The van der Waals surface area contributed by atoms with Crippen molar-refractivity contribution >= 4 is 11.8 Å². The zero-order valence-electron chi connectivity index (χ0n) is 14.0. The smallest absolute Gasteiger partial charge is 0.225 e. The Labute approximate surface area is 143 Å². The van der Waals surface area contributed by atoms with E-state index in [9.17, 15) is 9.59 Å². The molecule has 0 spiro atoms. The minimum atomic E-state index is -0.153. The number of hydrogen-bond acceptors (Lipinski definition) is 3. The lowest BCUT2D eigenvalue weighted by atomic mass is 10.00. The highest BCUT2D eigenvalue weighted by atomic mass is 16.2. The van der Waals surface area contributed by atoms with Crippen molar-refractivity contribution in [2.45, 2.75) is 38.3 Å². The molecule has 1 atom stereocenters. The zero-order valence-corrected chi connectivity index (χ0v) is 14.0. The predicted octanol–water partition coefficient (Wildman–Crippen LogP) is 1.17. The van der Waals surface area contributed by atoms with Gasteiger partial charge in [0, 0.05) is 45.2 Å². The number of carbonyl (C=O) groups excluding carboxylic acids is 2. The van der Waals surface area contributed by atoms with Gasteiger partial charge in [0.25, 0.3) is 0 Å². The maximum atomic E-state index is 12.3. The molecule has 0 aromatic heterocycles. The number of amides is 2. The first-order valence-electron chi connectivity index (χ1n) is 9.07. The van der Waals surface area contributed by atoms with E-state index in [1.165, 1.54) is 11.1 Å². The average molecular weight is 327 g/mol. The zero-order chi connectivity index (χ0) is 16.5. The summed E-state index contributed by atoms with van der Waals surface area (Å²) in [7, 11) is 0. The van der Waals surface area contributed by atoms with Crippen LogP contribution < -0.4 is 5.32 Å². The molecular weight excluding hydrogens is 302 g/mol. The van der Waals surface area contributed by atoms with Crippen molar-refractivity contribution in [3.63, 3.8) is 0 Å². The lowest BCUT2D eigenvalue weighted by Crippen LogP contribution is -2.40. The van der Waals surface area contributed by atoms with E-state index in [1.54, 1.807) is 0 Å². The summed E-state index contributed by atoms with van der Waals surface area (Å²) in [6.07, 6.45) is 3.68. The second kappa shape index (κ2) is 6.55. The Morgan fingerprint density at radius 3 is 2.79 bits per heavy atom. The van der Waals surface area contributed by atoms with Gasteiger partial charge < -0.3 is 10.2 Å². The van der Waals surface area contributed by atoms with Gasteiger partial charge in [-0.05, 0) is 30.4 Å². The predicted molar refractivity (Wildman–Crippen MR) is 91.3 cm³/mol. The molecule has 3 aliphatic rings. The molecule has 1 saturated heterocycles. The molecule has 0 bridgehead atoms. The highest BCUT2D eigenvalue weighted by Gasteiger charge is 2.41. The van der Waals surface area contributed by atoms with Crippen molar-refractivity contribution < 1.29 is 9.59 Å². The first-order chi connectivity index (χ1) is 11.7. The van der Waals surface area contributed by atoms with Crippen LogP contribution in [0.5, 0.6) is 0 Å². The fraction of sp³-hybridized carbons (Fsp3) is 0.579. The summed E-state index contributed by atoms with van der Waals surface area (Å²) in [5, 5.41) is 3.04. The summed E-state index contributed by atoms with van der Waals surface area (Å²) in [4.78, 5) is 28.6. The minimum absolute atomic E-state index is 0.0453. The quantitative estimate of drug-likeness (QED) is 0.883. The molecule has 2 fully saturated rings. The Hall–Kier alpha value is -1.88. The van der Waals surface area contributed by atoms with Gasteiger partial charge in [0.05, 0.1) is 5.92 Å². The Morgan fingerprint density at radius 1 is 1.21 bits per heavy atom. The Balaban J connectivity index is 1.22. The molecule has 1 N–H and O–H groups in total. The summed E-state index contributed by atoms with van der Waals surface area (Å²) in [5.74, 6) is 0.0504. The summed E-state index contributed by atoms with van der Waals surface area (Å²) < 4.78 is 0. The third kappa shape index (κ3) is 3.31. The maximum Gasteiger partial charge on any atom is 0.225 e. The van der Waals surface area contributed by atoms with Gasteiger partial charge >= 0.3 is 0 Å². The van der Waals surface area contributed by atoms with E-state index in [1.807, 2.05) is 4.90 Å². The third-order valence-corrected chi connectivity index (χ3v) is 5.45. The van der Waals surface area contributed by atoms with Crippen LogP contribution in [0.1, 0.15) is 30.4 Å². The SMILES string of the molecule is O=C(NCCN1CCc2ccccc2C1)[C@@H]1CC(=O)N(C2CC2)C1. The molecule has 24 heavy (non-hydrogen) atoms. The number of hydrogen-bond donors (Lipinski definition) is 1. The van der Waals surface area contributed by atoms with Crippen molar-refractivity contribution in [1.82, 2.24) is 15.1 Å². The van der Waals surface area contributed by atoms with Gasteiger partial charge in [-0.25, -0.2) is 0 Å². The number of nitrogens with zero attached hydrogens (tertiary/aromatic N) is 2. The number of fused-ring (bicyclic) bond motifs is 1. The Kier molecular flexibility index (Phi) is 4.27. The van der Waals surface area contributed by atoms with Gasteiger partial charge in [0.1, 0.15) is 0 Å². The fourth-order valence-corrected chi connectivity index (χ4v) is 3.87. The van der Waals surface area contributed by atoms with Crippen LogP contribution in [0.3, 0.4) is 0 Å². The van der Waals surface area contributed by atoms with Gasteiger partial charge in [0.2, 0.25) is 11.8 Å². The minimum Gasteiger partial charge on any atom is -0.355 e. The molecule has 1 saturated carbocycles. The number of nitrogens with one attached hydrogen (secondary N) is 1. The lowest BCUT2D eigenvalue weighted by Gasteiger charge is -2.28. The van der Waals surface area contributed by atoms with Crippen molar-refractivity contribution in [3.8, 4) is 0 Å². The molecule has 4 rings (SSSR count). The number of likely N-dealkylation sites (tertiary alicyclic amines) is 1. The summed E-state index contributed by atoms with van der Waals surface area (Å²) >= 11 is 0. The number of rotatable bonds is 5. The maximum absolute atomic E-state index is 12.3. The van der Waals surface area contributed by atoms with Crippen LogP contribution in [0.15, 0.2) is 24.3 Å². The van der Waals surface area contributed by atoms with Gasteiger partial charge in [-0.3, -0.25) is 14.5 Å². The van der Waals surface area contributed by atoms with Gasteiger partial charge in [-0.15, -0.1) is 0 Å². The monoisotopic (exact) mass is 327 g/mol. The number of benzene rings is 1. The second-order valence-electron chi connectivity index (χ2n) is 7.26. The van der Waals surface area contributed by atoms with E-state index in [-0.39, 0.29) is 17.7 Å². The molecule has 1 aromatic carbocycles. The van der Waals surface area contributed by atoms with Gasteiger partial charge in [0.15, 0.2) is 0 Å². The average Bonchev–Trinajstić information content (AvgIpc) is 3.36. The largest absolute Gasteiger partial charge is 0.355 e.